The fraction of sp³-hybridized carbons (Fsp3) is 0.643. The van der Waals surface area contributed by atoms with Crippen molar-refractivity contribution in [2.75, 3.05) is 18.2 Å². The van der Waals surface area contributed by atoms with Crippen LogP contribution in [0.1, 0.15) is 19.1 Å². The summed E-state index contributed by atoms with van der Waals surface area (Å²) in [6.07, 6.45) is -3.41. The van der Waals surface area contributed by atoms with Gasteiger partial charge in [-0.15, -0.1) is 0 Å². The van der Waals surface area contributed by atoms with Crippen LogP contribution in [0.4, 0.5) is 5.95 Å². The number of rotatable bonds is 4. The van der Waals surface area contributed by atoms with E-state index in [1.54, 1.807) is 0 Å². The van der Waals surface area contributed by atoms with Gasteiger partial charge in [0.1, 0.15) is 18.3 Å². The highest BCUT2D eigenvalue weighted by molar-refractivity contribution is 5.72. The molecule has 1 aliphatic heterocycles. The van der Waals surface area contributed by atoms with Crippen LogP contribution in [-0.2, 0) is 11.3 Å². The molecule has 0 bridgehead atoms. The molecule has 4 rings (SSSR count). The molecule has 0 aromatic carbocycles. The molecule has 1 aliphatic carbocycles. The first-order valence-electron chi connectivity index (χ1n) is 8.26. The van der Waals surface area contributed by atoms with Gasteiger partial charge in [0, 0.05) is 6.54 Å². The Morgan fingerprint density at radius 2 is 1.92 bits per heavy atom. The van der Waals surface area contributed by atoms with Crippen molar-refractivity contribution in [3.63, 3.8) is 0 Å². The first kappa shape index (κ1) is 17.0. The zero-order valence-electron chi connectivity index (χ0n) is 13.7. The highest BCUT2D eigenvalue weighted by Gasteiger charge is 2.45. The van der Waals surface area contributed by atoms with Crippen molar-refractivity contribution in [2.45, 2.75) is 43.9 Å². The maximum atomic E-state index is 13.0. The zero-order chi connectivity index (χ0) is 18.7. The molecule has 4 atom stereocenters. The molecule has 7 N–H and O–H groups in total. The maximum absolute atomic E-state index is 13.0. The summed E-state index contributed by atoms with van der Waals surface area (Å²) in [6, 6.07) is 0. The monoisotopic (exact) mass is 368 g/mol. The molecule has 2 aromatic rings. The number of hydrogen-bond acceptors (Lipinski definition) is 9. The molecule has 1 unspecified atom stereocenters. The highest BCUT2D eigenvalue weighted by atomic mass is 16.6. The normalized spacial score (nSPS) is 28.9. The van der Waals surface area contributed by atoms with Crippen LogP contribution in [0.3, 0.4) is 0 Å². The van der Waals surface area contributed by atoms with Crippen molar-refractivity contribution < 1.29 is 20.1 Å². The second-order valence-corrected chi connectivity index (χ2v) is 6.75. The van der Waals surface area contributed by atoms with Crippen LogP contribution in [-0.4, -0.2) is 59.0 Å². The van der Waals surface area contributed by atoms with Crippen LogP contribution in [0.15, 0.2) is 9.59 Å². The molecule has 12 nitrogen and oxygen atoms in total. The van der Waals surface area contributed by atoms with Crippen molar-refractivity contribution in [3.05, 3.63) is 20.8 Å². The summed E-state index contributed by atoms with van der Waals surface area (Å²) >= 11 is 0. The van der Waals surface area contributed by atoms with Crippen LogP contribution in [0.5, 0.6) is 0 Å². The average molecular weight is 368 g/mol. The van der Waals surface area contributed by atoms with E-state index < -0.39 is 42.4 Å². The lowest BCUT2D eigenvalue weighted by Gasteiger charge is -2.16. The van der Waals surface area contributed by atoms with E-state index in [9.17, 15) is 24.9 Å². The van der Waals surface area contributed by atoms with Gasteiger partial charge in [0.15, 0.2) is 17.4 Å². The van der Waals surface area contributed by atoms with Gasteiger partial charge in [-0.3, -0.25) is 9.36 Å². The number of ether oxygens (including phenoxy) is 1. The lowest BCUT2D eigenvalue weighted by Crippen LogP contribution is -2.36. The molecule has 1 saturated heterocycles. The van der Waals surface area contributed by atoms with Gasteiger partial charge in [-0.1, -0.05) is 0 Å². The Bertz CT molecular complexity index is 975. The number of nitrogens with zero attached hydrogens (tertiary/aromatic N) is 4. The minimum absolute atomic E-state index is 0.0451. The van der Waals surface area contributed by atoms with Crippen molar-refractivity contribution >= 4 is 17.1 Å². The molecule has 12 heteroatoms. The van der Waals surface area contributed by atoms with Crippen molar-refractivity contribution in [1.29, 1.82) is 0 Å². The van der Waals surface area contributed by atoms with Gasteiger partial charge in [0.25, 0.3) is 5.56 Å². The summed E-state index contributed by atoms with van der Waals surface area (Å²) < 4.78 is 8.31. The molecule has 0 amide bonds. The van der Waals surface area contributed by atoms with E-state index in [4.69, 9.17) is 16.3 Å². The maximum Gasteiger partial charge on any atom is 0.332 e. The number of aliphatic hydroxyl groups excluding tert-OH is 3. The minimum Gasteiger partial charge on any atom is -0.394 e. The molecule has 2 aromatic heterocycles. The van der Waals surface area contributed by atoms with E-state index in [1.165, 1.54) is 4.57 Å². The Morgan fingerprint density at radius 3 is 2.50 bits per heavy atom. The summed E-state index contributed by atoms with van der Waals surface area (Å²) in [5.74, 6) is 5.56. The third-order valence-electron chi connectivity index (χ3n) is 4.94. The number of nitrogens with two attached hydrogens (primary N) is 2. The predicted octanol–water partition coefficient (Wildman–Crippen LogP) is -3.32. The Balaban J connectivity index is 1.96. The fourth-order valence-electron chi connectivity index (χ4n) is 3.30. The largest absolute Gasteiger partial charge is 0.394 e. The number of fused-ring (bicyclic) bond motifs is 1. The lowest BCUT2D eigenvalue weighted by molar-refractivity contribution is -0.0528. The van der Waals surface area contributed by atoms with Crippen LogP contribution < -0.4 is 22.8 Å². The molecule has 26 heavy (non-hydrogen) atoms. The Morgan fingerprint density at radius 1 is 1.23 bits per heavy atom. The molecule has 3 heterocycles. The summed E-state index contributed by atoms with van der Waals surface area (Å²) in [7, 11) is 0. The van der Waals surface area contributed by atoms with E-state index in [0.29, 0.717) is 11.2 Å². The standard InChI is InChI=1S/C14H20N6O6/c15-13-17-10-7(11(24)20(13)16)18(3-5-1-2-5)14(25)19(10)12-9(23)8(22)6(4-21)26-12/h5-6,8-9,12,21-23H,1-4,16H2,(H2,15,17)/t6-,8?,9+,12-/m1/s1. The quantitative estimate of drug-likeness (QED) is 0.344. The number of aliphatic hydroxyl groups is 3. The van der Waals surface area contributed by atoms with Gasteiger partial charge < -0.3 is 31.6 Å². The third kappa shape index (κ3) is 2.34. The molecule has 1 saturated carbocycles. The Hall–Kier alpha value is -2.41. The SMILES string of the molecule is Nc1nc2c(c(=O)n1N)n(CC1CC1)c(=O)n2[C@@H]1O[C@H](CO)C(O)[C@@H]1O. The number of nitrogen functional groups attached to an aromatic ring is 2. The van der Waals surface area contributed by atoms with Crippen molar-refractivity contribution in [3.8, 4) is 0 Å². The Labute approximate surface area is 145 Å². The number of hydrogen-bond donors (Lipinski definition) is 5. The van der Waals surface area contributed by atoms with Crippen LogP contribution >= 0.6 is 0 Å². The number of aromatic nitrogens is 4. The first-order valence-corrected chi connectivity index (χ1v) is 8.26. The van der Waals surface area contributed by atoms with Crippen LogP contribution in [0.25, 0.3) is 11.2 Å². The summed E-state index contributed by atoms with van der Waals surface area (Å²) in [6.45, 7) is -0.243. The average Bonchev–Trinajstić information content (AvgIpc) is 3.34. The number of anilines is 1. The smallest absolute Gasteiger partial charge is 0.332 e. The van der Waals surface area contributed by atoms with Crippen molar-refractivity contribution in [2.24, 2.45) is 5.92 Å². The zero-order valence-corrected chi connectivity index (χ0v) is 13.7. The van der Waals surface area contributed by atoms with Gasteiger partial charge in [0.05, 0.1) is 6.61 Å². The molecule has 2 aliphatic rings. The van der Waals surface area contributed by atoms with Crippen LogP contribution in [0, 0.1) is 5.92 Å². The molecular formula is C14H20N6O6. The van der Waals surface area contributed by atoms with Crippen molar-refractivity contribution in [1.82, 2.24) is 18.8 Å². The molecule has 0 radical (unpaired) electrons. The second kappa shape index (κ2) is 5.81. The van der Waals surface area contributed by atoms with Gasteiger partial charge in [-0.2, -0.15) is 9.66 Å². The van der Waals surface area contributed by atoms with Gasteiger partial charge in [-0.25, -0.2) is 9.36 Å². The van der Waals surface area contributed by atoms with Crippen LogP contribution in [0.2, 0.25) is 0 Å². The molecular weight excluding hydrogens is 348 g/mol. The van der Waals surface area contributed by atoms with E-state index in [-0.39, 0.29) is 23.0 Å². The van der Waals surface area contributed by atoms with E-state index in [0.717, 1.165) is 17.4 Å². The predicted molar refractivity (Wildman–Crippen MR) is 88.5 cm³/mol. The number of imidazole rings is 1. The second-order valence-electron chi connectivity index (χ2n) is 6.75. The fourth-order valence-corrected chi connectivity index (χ4v) is 3.30. The third-order valence-corrected chi connectivity index (χ3v) is 4.94. The lowest BCUT2D eigenvalue weighted by atomic mass is 10.1. The molecule has 142 valence electrons. The highest BCUT2D eigenvalue weighted by Crippen LogP contribution is 2.33. The van der Waals surface area contributed by atoms with E-state index >= 15 is 0 Å². The van der Waals surface area contributed by atoms with Gasteiger partial charge in [-0.05, 0) is 18.8 Å². The van der Waals surface area contributed by atoms with E-state index in [1.807, 2.05) is 0 Å². The first-order chi connectivity index (χ1) is 12.3. The summed E-state index contributed by atoms with van der Waals surface area (Å²) in [4.78, 5) is 29.6. The minimum atomic E-state index is -1.49. The summed E-state index contributed by atoms with van der Waals surface area (Å²) in [5.41, 5.74) is 4.19. The molecule has 0 spiro atoms. The van der Waals surface area contributed by atoms with Gasteiger partial charge >= 0.3 is 5.69 Å². The van der Waals surface area contributed by atoms with Gasteiger partial charge in [0.2, 0.25) is 5.95 Å². The Kier molecular flexibility index (Phi) is 3.80. The van der Waals surface area contributed by atoms with E-state index in [2.05, 4.69) is 4.98 Å². The summed E-state index contributed by atoms with van der Waals surface area (Å²) in [5, 5.41) is 29.5. The topological polar surface area (TPSA) is 184 Å². The molecule has 2 fully saturated rings.